The Labute approximate surface area is 134 Å². The van der Waals surface area contributed by atoms with Crippen molar-refractivity contribution >= 4 is 11.9 Å². The second-order valence-electron chi connectivity index (χ2n) is 5.78. The van der Waals surface area contributed by atoms with Gasteiger partial charge in [0.15, 0.2) is 0 Å². The lowest BCUT2D eigenvalue weighted by molar-refractivity contribution is -0.143. The minimum Gasteiger partial charge on any atom is -0.389 e. The Morgan fingerprint density at radius 1 is 0.955 bits per heavy atom. The molecule has 0 aromatic heterocycles. The molecule has 0 aliphatic heterocycles. The van der Waals surface area contributed by atoms with Crippen molar-refractivity contribution in [3.8, 4) is 0 Å². The van der Waals surface area contributed by atoms with Crippen molar-refractivity contribution in [2.24, 2.45) is 5.92 Å². The molecular formula is C19H28O3. The molecule has 0 aliphatic carbocycles. The fraction of sp³-hybridized carbons (Fsp3) is 0.579. The van der Waals surface area contributed by atoms with Crippen LogP contribution >= 0.6 is 0 Å². The van der Waals surface area contributed by atoms with Crippen LogP contribution in [0, 0.1) is 5.92 Å². The summed E-state index contributed by atoms with van der Waals surface area (Å²) in [5.41, 5.74) is 1.65. The summed E-state index contributed by atoms with van der Waals surface area (Å²) >= 11 is 0. The molecule has 3 heteroatoms. The van der Waals surface area contributed by atoms with E-state index < -0.39 is 5.97 Å². The number of carbonyl (C=O) groups is 2. The van der Waals surface area contributed by atoms with Crippen molar-refractivity contribution < 1.29 is 14.3 Å². The van der Waals surface area contributed by atoms with Crippen LogP contribution in [0.3, 0.4) is 0 Å². The number of hydrogen-bond donors (Lipinski definition) is 0. The van der Waals surface area contributed by atoms with Crippen LogP contribution in [-0.2, 0) is 16.0 Å². The first-order chi connectivity index (χ1) is 10.6. The van der Waals surface area contributed by atoms with Crippen molar-refractivity contribution in [2.75, 3.05) is 0 Å². The lowest BCUT2D eigenvalue weighted by atomic mass is 9.98. The maximum Gasteiger partial charge on any atom is 0.345 e. The van der Waals surface area contributed by atoms with Crippen molar-refractivity contribution in [3.05, 3.63) is 35.4 Å². The summed E-state index contributed by atoms with van der Waals surface area (Å²) in [4.78, 5) is 24.1. The number of benzene rings is 1. The van der Waals surface area contributed by atoms with Crippen molar-refractivity contribution in [1.82, 2.24) is 0 Å². The molecule has 122 valence electrons. The summed E-state index contributed by atoms with van der Waals surface area (Å²) in [5.74, 6) is -1.09. The molecule has 0 amide bonds. The van der Waals surface area contributed by atoms with E-state index >= 15 is 0 Å². The zero-order chi connectivity index (χ0) is 16.4. The Balaban J connectivity index is 2.61. The Bertz CT molecular complexity index is 456. The fourth-order valence-corrected chi connectivity index (χ4v) is 2.50. The van der Waals surface area contributed by atoms with Crippen molar-refractivity contribution in [1.29, 1.82) is 0 Å². The van der Waals surface area contributed by atoms with Crippen molar-refractivity contribution in [2.45, 2.75) is 65.7 Å². The predicted octanol–water partition coefficient (Wildman–Crippen LogP) is 4.93. The van der Waals surface area contributed by atoms with E-state index in [9.17, 15) is 9.59 Å². The van der Waals surface area contributed by atoms with Crippen LogP contribution in [-0.4, -0.2) is 11.9 Å². The summed E-state index contributed by atoms with van der Waals surface area (Å²) in [7, 11) is 0. The van der Waals surface area contributed by atoms with Gasteiger partial charge in [-0.15, -0.1) is 0 Å². The van der Waals surface area contributed by atoms with Gasteiger partial charge in [-0.2, -0.15) is 0 Å². The van der Waals surface area contributed by atoms with Gasteiger partial charge in [0.1, 0.15) is 0 Å². The largest absolute Gasteiger partial charge is 0.389 e. The van der Waals surface area contributed by atoms with Crippen LogP contribution in [0.15, 0.2) is 24.3 Å². The topological polar surface area (TPSA) is 43.4 Å². The van der Waals surface area contributed by atoms with E-state index in [0.717, 1.165) is 44.9 Å². The number of esters is 2. The van der Waals surface area contributed by atoms with E-state index in [1.807, 2.05) is 26.0 Å². The first-order valence-corrected chi connectivity index (χ1v) is 8.47. The molecule has 0 N–H and O–H groups in total. The average molecular weight is 304 g/mol. The number of hydrogen-bond acceptors (Lipinski definition) is 3. The Hall–Kier alpha value is -1.64. The summed E-state index contributed by atoms with van der Waals surface area (Å²) in [5, 5.41) is 0. The first kappa shape index (κ1) is 18.4. The lowest BCUT2D eigenvalue weighted by Gasteiger charge is -2.13. The minimum absolute atomic E-state index is 0.164. The van der Waals surface area contributed by atoms with Gasteiger partial charge in [0, 0.05) is 0 Å². The van der Waals surface area contributed by atoms with Gasteiger partial charge in [0.2, 0.25) is 0 Å². The highest BCUT2D eigenvalue weighted by Crippen LogP contribution is 2.17. The SMILES string of the molecule is CCCCc1ccc(C(=O)OC(=O)C(CCC)CCC)cc1. The van der Waals surface area contributed by atoms with Gasteiger partial charge in [-0.1, -0.05) is 52.2 Å². The van der Waals surface area contributed by atoms with Gasteiger partial charge < -0.3 is 4.74 Å². The maximum absolute atomic E-state index is 12.1. The van der Waals surface area contributed by atoms with Crippen LogP contribution < -0.4 is 0 Å². The summed E-state index contributed by atoms with van der Waals surface area (Å²) < 4.78 is 5.05. The Kier molecular flexibility index (Phi) is 8.49. The third-order valence-electron chi connectivity index (χ3n) is 3.81. The molecule has 0 heterocycles. The molecule has 0 saturated carbocycles. The van der Waals surface area contributed by atoms with Crippen molar-refractivity contribution in [3.63, 3.8) is 0 Å². The molecule has 0 saturated heterocycles. The molecule has 0 aliphatic rings. The van der Waals surface area contributed by atoms with E-state index in [4.69, 9.17) is 4.74 Å². The number of ether oxygens (including phenoxy) is 1. The normalized spacial score (nSPS) is 10.7. The average Bonchev–Trinajstić information content (AvgIpc) is 2.53. The van der Waals surface area contributed by atoms with Crippen LogP contribution in [0.4, 0.5) is 0 Å². The van der Waals surface area contributed by atoms with Gasteiger partial charge >= 0.3 is 11.9 Å². The molecule has 0 fully saturated rings. The van der Waals surface area contributed by atoms with Crippen LogP contribution in [0.1, 0.15) is 75.2 Å². The summed E-state index contributed by atoms with van der Waals surface area (Å²) in [6.45, 7) is 6.22. The molecule has 1 aromatic carbocycles. The predicted molar refractivity (Wildman–Crippen MR) is 88.8 cm³/mol. The quantitative estimate of drug-likeness (QED) is 0.480. The Morgan fingerprint density at radius 2 is 1.55 bits per heavy atom. The molecule has 22 heavy (non-hydrogen) atoms. The van der Waals surface area contributed by atoms with Gasteiger partial charge in [0.25, 0.3) is 0 Å². The molecule has 1 aromatic rings. The highest BCUT2D eigenvalue weighted by Gasteiger charge is 2.21. The lowest BCUT2D eigenvalue weighted by Crippen LogP contribution is -2.21. The zero-order valence-corrected chi connectivity index (χ0v) is 14.1. The van der Waals surface area contributed by atoms with E-state index in [1.54, 1.807) is 12.1 Å². The van der Waals surface area contributed by atoms with E-state index in [0.29, 0.717) is 5.56 Å². The van der Waals surface area contributed by atoms with Gasteiger partial charge in [0.05, 0.1) is 11.5 Å². The third kappa shape index (κ3) is 6.00. The van der Waals surface area contributed by atoms with Gasteiger partial charge in [-0.25, -0.2) is 4.79 Å². The number of aryl methyl sites for hydroxylation is 1. The smallest absolute Gasteiger partial charge is 0.345 e. The fourth-order valence-electron chi connectivity index (χ4n) is 2.50. The molecule has 0 unspecified atom stereocenters. The van der Waals surface area contributed by atoms with Gasteiger partial charge in [-0.05, 0) is 43.4 Å². The zero-order valence-electron chi connectivity index (χ0n) is 14.1. The standard InChI is InChI=1S/C19H28O3/c1-4-7-10-15-11-13-17(14-12-15)19(21)22-18(20)16(8-5-2)9-6-3/h11-14,16H,4-10H2,1-3H3. The monoisotopic (exact) mass is 304 g/mol. The second-order valence-corrected chi connectivity index (χ2v) is 5.78. The summed E-state index contributed by atoms with van der Waals surface area (Å²) in [6, 6.07) is 7.36. The molecule has 3 nitrogen and oxygen atoms in total. The van der Waals surface area contributed by atoms with Crippen LogP contribution in [0.5, 0.6) is 0 Å². The summed E-state index contributed by atoms with van der Waals surface area (Å²) in [6.07, 6.45) is 6.68. The molecule has 1 rings (SSSR count). The second kappa shape index (κ2) is 10.1. The minimum atomic E-state index is -0.538. The first-order valence-electron chi connectivity index (χ1n) is 8.47. The number of carbonyl (C=O) groups excluding carboxylic acids is 2. The van der Waals surface area contributed by atoms with Gasteiger partial charge in [-0.3, -0.25) is 4.79 Å². The number of unbranched alkanes of at least 4 members (excludes halogenated alkanes) is 1. The molecule has 0 spiro atoms. The molecule has 0 atom stereocenters. The number of rotatable bonds is 9. The highest BCUT2D eigenvalue weighted by atomic mass is 16.6. The highest BCUT2D eigenvalue weighted by molar-refractivity contribution is 5.97. The Morgan fingerprint density at radius 3 is 2.05 bits per heavy atom. The van der Waals surface area contributed by atoms with E-state index in [-0.39, 0.29) is 11.9 Å². The van der Waals surface area contributed by atoms with E-state index in [1.165, 1.54) is 5.56 Å². The maximum atomic E-state index is 12.1. The van der Waals surface area contributed by atoms with Crippen LogP contribution in [0.2, 0.25) is 0 Å². The molecule has 0 radical (unpaired) electrons. The molecule has 0 bridgehead atoms. The van der Waals surface area contributed by atoms with Crippen LogP contribution in [0.25, 0.3) is 0 Å². The third-order valence-corrected chi connectivity index (χ3v) is 3.81. The van der Waals surface area contributed by atoms with E-state index in [2.05, 4.69) is 6.92 Å². The molecular weight excluding hydrogens is 276 g/mol.